The molecule has 1 aliphatic heterocycles. The molecule has 24 heavy (non-hydrogen) atoms. The van der Waals surface area contributed by atoms with Gasteiger partial charge in [-0.3, -0.25) is 4.79 Å². The SMILES string of the molecule is CNC(=O)C1CN(C(=O)Nc2ccc(C)cc2Cl)CC12CCCC2. The van der Waals surface area contributed by atoms with Crippen LogP contribution in [0.25, 0.3) is 0 Å². The molecule has 0 aromatic heterocycles. The van der Waals surface area contributed by atoms with Crippen molar-refractivity contribution in [3.63, 3.8) is 0 Å². The molecule has 1 aliphatic carbocycles. The Hall–Kier alpha value is -1.75. The fraction of sp³-hybridized carbons (Fsp3) is 0.556. The number of nitrogens with one attached hydrogen (secondary N) is 2. The Kier molecular flexibility index (Phi) is 4.72. The molecule has 5 nitrogen and oxygen atoms in total. The minimum absolute atomic E-state index is 0.0422. The molecule has 1 atom stereocenters. The van der Waals surface area contributed by atoms with Crippen LogP contribution >= 0.6 is 11.6 Å². The summed E-state index contributed by atoms with van der Waals surface area (Å²) in [7, 11) is 1.67. The lowest BCUT2D eigenvalue weighted by molar-refractivity contribution is -0.127. The predicted molar refractivity (Wildman–Crippen MR) is 95.2 cm³/mol. The van der Waals surface area contributed by atoms with E-state index in [9.17, 15) is 9.59 Å². The van der Waals surface area contributed by atoms with Crippen molar-refractivity contribution in [2.45, 2.75) is 32.6 Å². The lowest BCUT2D eigenvalue weighted by Gasteiger charge is -2.28. The van der Waals surface area contributed by atoms with E-state index >= 15 is 0 Å². The van der Waals surface area contributed by atoms with Gasteiger partial charge in [0.05, 0.1) is 16.6 Å². The molecule has 0 bridgehead atoms. The van der Waals surface area contributed by atoms with Gasteiger partial charge in [-0.15, -0.1) is 0 Å². The third-order valence-corrected chi connectivity index (χ3v) is 5.78. The zero-order valence-corrected chi connectivity index (χ0v) is 14.9. The third-order valence-electron chi connectivity index (χ3n) is 5.46. The summed E-state index contributed by atoms with van der Waals surface area (Å²) in [6.07, 6.45) is 4.29. The minimum Gasteiger partial charge on any atom is -0.359 e. The maximum absolute atomic E-state index is 12.7. The smallest absolute Gasteiger partial charge is 0.321 e. The molecule has 2 fully saturated rings. The van der Waals surface area contributed by atoms with Gasteiger partial charge in [-0.1, -0.05) is 30.5 Å². The molecular weight excluding hydrogens is 326 g/mol. The number of benzene rings is 1. The summed E-state index contributed by atoms with van der Waals surface area (Å²) < 4.78 is 0. The Labute approximate surface area is 147 Å². The van der Waals surface area contributed by atoms with Gasteiger partial charge in [0.25, 0.3) is 0 Å². The number of amides is 3. The molecule has 1 saturated heterocycles. The number of carbonyl (C=O) groups is 2. The number of rotatable bonds is 2. The molecule has 1 heterocycles. The maximum atomic E-state index is 12.7. The molecule has 1 aromatic rings. The summed E-state index contributed by atoms with van der Waals surface area (Å²) in [6.45, 7) is 3.06. The number of aryl methyl sites for hydroxylation is 1. The Morgan fingerprint density at radius 3 is 2.62 bits per heavy atom. The van der Waals surface area contributed by atoms with E-state index in [2.05, 4.69) is 10.6 Å². The number of hydrogen-bond donors (Lipinski definition) is 2. The van der Waals surface area contributed by atoms with Crippen molar-refractivity contribution < 1.29 is 9.59 Å². The number of halogens is 1. The van der Waals surface area contributed by atoms with Crippen LogP contribution in [0.1, 0.15) is 31.2 Å². The fourth-order valence-electron chi connectivity index (χ4n) is 4.16. The van der Waals surface area contributed by atoms with Crippen LogP contribution in [0, 0.1) is 18.3 Å². The highest BCUT2D eigenvalue weighted by molar-refractivity contribution is 6.33. The van der Waals surface area contributed by atoms with E-state index in [0.717, 1.165) is 31.2 Å². The number of hydrogen-bond acceptors (Lipinski definition) is 2. The van der Waals surface area contributed by atoms with Gasteiger partial charge in [-0.25, -0.2) is 4.79 Å². The Bertz CT molecular complexity index is 656. The highest BCUT2D eigenvalue weighted by Gasteiger charge is 2.52. The fourth-order valence-corrected chi connectivity index (χ4v) is 4.44. The molecular formula is C18H24ClN3O2. The summed E-state index contributed by atoms with van der Waals surface area (Å²) in [5.74, 6) is -0.0789. The second kappa shape index (κ2) is 6.63. The number of anilines is 1. The lowest BCUT2D eigenvalue weighted by Crippen LogP contribution is -2.38. The van der Waals surface area contributed by atoms with Crippen LogP contribution in [0.2, 0.25) is 5.02 Å². The van der Waals surface area contributed by atoms with Gasteiger partial charge in [0.1, 0.15) is 0 Å². The van der Waals surface area contributed by atoms with Crippen molar-refractivity contribution in [1.82, 2.24) is 10.2 Å². The largest absolute Gasteiger partial charge is 0.359 e. The van der Waals surface area contributed by atoms with Crippen LogP contribution < -0.4 is 10.6 Å². The van der Waals surface area contributed by atoms with Crippen LogP contribution in [-0.4, -0.2) is 37.0 Å². The van der Waals surface area contributed by atoms with Crippen LogP contribution in [0.5, 0.6) is 0 Å². The van der Waals surface area contributed by atoms with Gasteiger partial charge in [-0.05, 0) is 37.5 Å². The van der Waals surface area contributed by atoms with Crippen molar-refractivity contribution in [2.75, 3.05) is 25.5 Å². The first-order chi connectivity index (χ1) is 11.4. The van der Waals surface area contributed by atoms with E-state index in [4.69, 9.17) is 11.6 Å². The van der Waals surface area contributed by atoms with E-state index < -0.39 is 0 Å². The van der Waals surface area contributed by atoms with Crippen molar-refractivity contribution in [1.29, 1.82) is 0 Å². The number of likely N-dealkylation sites (tertiary alicyclic amines) is 1. The summed E-state index contributed by atoms with van der Waals surface area (Å²) in [5, 5.41) is 6.18. The van der Waals surface area contributed by atoms with Gasteiger partial charge in [0, 0.05) is 25.6 Å². The van der Waals surface area contributed by atoms with Crippen LogP contribution in [0.3, 0.4) is 0 Å². The van der Waals surface area contributed by atoms with Crippen molar-refractivity contribution in [3.05, 3.63) is 28.8 Å². The third kappa shape index (κ3) is 3.09. The second-order valence-corrected chi connectivity index (χ2v) is 7.44. The molecule has 3 amide bonds. The predicted octanol–water partition coefficient (Wildman–Crippen LogP) is 3.42. The van der Waals surface area contributed by atoms with E-state index in [1.807, 2.05) is 25.1 Å². The van der Waals surface area contributed by atoms with Gasteiger partial charge in [0.15, 0.2) is 0 Å². The quantitative estimate of drug-likeness (QED) is 0.859. The Balaban J connectivity index is 1.75. The van der Waals surface area contributed by atoms with E-state index in [0.29, 0.717) is 23.8 Å². The van der Waals surface area contributed by atoms with Gasteiger partial charge < -0.3 is 15.5 Å². The monoisotopic (exact) mass is 349 g/mol. The first-order valence-corrected chi connectivity index (χ1v) is 8.87. The highest BCUT2D eigenvalue weighted by Crippen LogP contribution is 2.49. The Morgan fingerprint density at radius 1 is 1.29 bits per heavy atom. The van der Waals surface area contributed by atoms with Crippen LogP contribution in [-0.2, 0) is 4.79 Å². The second-order valence-electron chi connectivity index (χ2n) is 7.03. The molecule has 1 saturated carbocycles. The normalized spacial score (nSPS) is 22.0. The van der Waals surface area contributed by atoms with E-state index in [1.165, 1.54) is 0 Å². The first kappa shape index (κ1) is 17.1. The molecule has 6 heteroatoms. The standard InChI is InChI=1S/C18H24ClN3O2/c1-12-5-6-15(14(19)9-12)21-17(24)22-10-13(16(23)20-2)18(11-22)7-3-4-8-18/h5-6,9,13H,3-4,7-8,10-11H2,1-2H3,(H,20,23)(H,21,24). The van der Waals surface area contributed by atoms with Crippen molar-refractivity contribution in [2.24, 2.45) is 11.3 Å². The topological polar surface area (TPSA) is 61.4 Å². The summed E-state index contributed by atoms with van der Waals surface area (Å²) >= 11 is 6.21. The van der Waals surface area contributed by atoms with Gasteiger partial charge in [-0.2, -0.15) is 0 Å². The van der Waals surface area contributed by atoms with Crippen molar-refractivity contribution >= 4 is 29.2 Å². The molecule has 130 valence electrons. The number of carbonyl (C=O) groups excluding carboxylic acids is 2. The lowest BCUT2D eigenvalue weighted by atomic mass is 9.76. The van der Waals surface area contributed by atoms with E-state index in [-0.39, 0.29) is 23.3 Å². The van der Waals surface area contributed by atoms with Gasteiger partial charge in [0.2, 0.25) is 5.91 Å². The molecule has 1 aromatic carbocycles. The maximum Gasteiger partial charge on any atom is 0.321 e. The Morgan fingerprint density at radius 2 is 2.00 bits per heavy atom. The van der Waals surface area contributed by atoms with E-state index in [1.54, 1.807) is 11.9 Å². The first-order valence-electron chi connectivity index (χ1n) is 8.49. The van der Waals surface area contributed by atoms with Crippen molar-refractivity contribution in [3.8, 4) is 0 Å². The van der Waals surface area contributed by atoms with Gasteiger partial charge >= 0.3 is 6.03 Å². The molecule has 0 radical (unpaired) electrons. The number of urea groups is 1. The van der Waals surface area contributed by atoms with Crippen LogP contribution in [0.15, 0.2) is 18.2 Å². The summed E-state index contributed by atoms with van der Waals surface area (Å²) in [6, 6.07) is 5.37. The molecule has 1 unspecified atom stereocenters. The average molecular weight is 350 g/mol. The van der Waals surface area contributed by atoms with Crippen LogP contribution in [0.4, 0.5) is 10.5 Å². The molecule has 2 aliphatic rings. The zero-order valence-electron chi connectivity index (χ0n) is 14.2. The summed E-state index contributed by atoms with van der Waals surface area (Å²) in [4.78, 5) is 26.7. The zero-order chi connectivity index (χ0) is 17.3. The summed E-state index contributed by atoms with van der Waals surface area (Å²) in [5.41, 5.74) is 1.59. The highest BCUT2D eigenvalue weighted by atomic mass is 35.5. The molecule has 3 rings (SSSR count). The molecule has 2 N–H and O–H groups in total. The average Bonchev–Trinajstić information content (AvgIpc) is 3.17. The minimum atomic E-state index is -0.182. The molecule has 1 spiro atoms. The number of nitrogens with zero attached hydrogens (tertiary/aromatic N) is 1.